The molecule has 0 fully saturated rings. The largest absolute Gasteiger partial charge is 0.382 e. The molecule has 0 aliphatic rings. The van der Waals surface area contributed by atoms with Crippen molar-refractivity contribution in [1.29, 1.82) is 0 Å². The van der Waals surface area contributed by atoms with Gasteiger partial charge >= 0.3 is 0 Å². The fourth-order valence-electron chi connectivity index (χ4n) is 3.86. The molecule has 0 aromatic heterocycles. The molecule has 0 radical (unpaired) electrons. The van der Waals surface area contributed by atoms with Crippen LogP contribution < -0.4 is 11.1 Å². The van der Waals surface area contributed by atoms with E-state index < -0.39 is 0 Å². The van der Waals surface area contributed by atoms with E-state index >= 15 is 0 Å². The highest BCUT2D eigenvalue weighted by Crippen LogP contribution is 2.00. The molecular formula is C34H67N3O15. The molecule has 308 valence electrons. The number of amides is 2. The molecule has 0 rings (SSSR count). The third-order valence-electron chi connectivity index (χ3n) is 6.55. The molecule has 0 bridgehead atoms. The summed E-state index contributed by atoms with van der Waals surface area (Å²) in [6.07, 6.45) is 2.21. The average Bonchev–Trinajstić information content (AvgIpc) is 3.14. The van der Waals surface area contributed by atoms with Crippen molar-refractivity contribution in [3.8, 4) is 0 Å². The molecule has 0 spiro atoms. The van der Waals surface area contributed by atoms with Crippen LogP contribution in [0.2, 0.25) is 0 Å². The third-order valence-corrected chi connectivity index (χ3v) is 6.55. The van der Waals surface area contributed by atoms with E-state index in [0.717, 1.165) is 0 Å². The minimum atomic E-state index is -0.349. The lowest BCUT2D eigenvalue weighted by Crippen LogP contribution is -2.42. The fraction of sp³-hybridized carbons (Fsp3) is 0.912. The summed E-state index contributed by atoms with van der Waals surface area (Å²) in [5.41, 5.74) is 5.43. The summed E-state index contributed by atoms with van der Waals surface area (Å²) < 4.78 is 64.7. The van der Waals surface area contributed by atoms with Gasteiger partial charge in [-0.25, -0.2) is 0 Å². The van der Waals surface area contributed by atoms with Crippen LogP contribution in [0.1, 0.15) is 19.3 Å². The standard InChI is InChI=1S/C34H67N3O15/c1-41-10-11-43-14-15-45-18-19-47-22-23-49-26-27-51-30-31-52-29-28-50-25-24-48-21-20-46-17-16-44-13-12-42-9-6-36-33(39)32-37(7-8-38)34(40)4-2-3-5-35/h8H,2-7,9-32,35H2,1H3,(H,36,39). The number of nitrogens with two attached hydrogens (primary N) is 1. The predicted molar refractivity (Wildman–Crippen MR) is 189 cm³/mol. The topological polar surface area (TPSA) is 203 Å². The highest BCUT2D eigenvalue weighted by Gasteiger charge is 2.16. The van der Waals surface area contributed by atoms with E-state index in [-0.39, 0.29) is 37.9 Å². The van der Waals surface area contributed by atoms with Crippen LogP contribution in [0.15, 0.2) is 0 Å². The Hall–Kier alpha value is -1.91. The Bertz CT molecular complexity index is 774. The number of rotatable bonds is 44. The summed E-state index contributed by atoms with van der Waals surface area (Å²) in [7, 11) is 1.64. The van der Waals surface area contributed by atoms with Crippen molar-refractivity contribution in [2.45, 2.75) is 19.3 Å². The molecule has 0 saturated heterocycles. The molecule has 0 aliphatic heterocycles. The molecule has 18 nitrogen and oxygen atoms in total. The molecule has 52 heavy (non-hydrogen) atoms. The quantitative estimate of drug-likeness (QED) is 0.0571. The molecule has 2 amide bonds. The number of methoxy groups -OCH3 is 1. The van der Waals surface area contributed by atoms with Crippen molar-refractivity contribution < 1.29 is 71.2 Å². The van der Waals surface area contributed by atoms with Crippen LogP contribution in [0, 0.1) is 0 Å². The Balaban J connectivity index is 3.26. The summed E-state index contributed by atoms with van der Waals surface area (Å²) in [5.74, 6) is -0.589. The number of carbonyl (C=O) groups is 3. The van der Waals surface area contributed by atoms with E-state index in [9.17, 15) is 14.4 Å². The maximum Gasteiger partial charge on any atom is 0.239 e. The Labute approximate surface area is 309 Å². The molecule has 0 aromatic carbocycles. The Kier molecular flexibility index (Phi) is 41.9. The lowest BCUT2D eigenvalue weighted by Gasteiger charge is -2.19. The van der Waals surface area contributed by atoms with Crippen molar-refractivity contribution in [2.24, 2.45) is 5.73 Å². The first-order chi connectivity index (χ1) is 25.7. The van der Waals surface area contributed by atoms with Crippen molar-refractivity contribution in [2.75, 3.05) is 185 Å². The van der Waals surface area contributed by atoms with E-state index in [1.807, 2.05) is 0 Å². The highest BCUT2D eigenvalue weighted by molar-refractivity contribution is 5.86. The van der Waals surface area contributed by atoms with Crippen LogP contribution in [0.4, 0.5) is 0 Å². The van der Waals surface area contributed by atoms with Crippen LogP contribution in [0.25, 0.3) is 0 Å². The lowest BCUT2D eigenvalue weighted by molar-refractivity contribution is -0.137. The fourth-order valence-corrected chi connectivity index (χ4v) is 3.86. The Morgan fingerprint density at radius 3 is 1.15 bits per heavy atom. The zero-order chi connectivity index (χ0) is 37.8. The number of unbranched alkanes of at least 4 members (excludes halogenated alkanes) is 1. The number of aldehydes is 1. The Morgan fingerprint density at radius 1 is 0.519 bits per heavy atom. The van der Waals surface area contributed by atoms with Gasteiger partial charge in [-0.2, -0.15) is 0 Å². The zero-order valence-corrected chi connectivity index (χ0v) is 31.4. The molecule has 0 aliphatic carbocycles. The molecule has 0 heterocycles. The van der Waals surface area contributed by atoms with Gasteiger partial charge < -0.3 is 77.6 Å². The van der Waals surface area contributed by atoms with Gasteiger partial charge in [0.1, 0.15) is 6.29 Å². The first-order valence-corrected chi connectivity index (χ1v) is 18.2. The van der Waals surface area contributed by atoms with E-state index in [4.69, 9.17) is 62.6 Å². The van der Waals surface area contributed by atoms with Gasteiger partial charge in [0, 0.05) is 20.1 Å². The smallest absolute Gasteiger partial charge is 0.239 e. The summed E-state index contributed by atoms with van der Waals surface area (Å²) in [4.78, 5) is 36.3. The van der Waals surface area contributed by atoms with Crippen molar-refractivity contribution in [1.82, 2.24) is 10.2 Å². The summed E-state index contributed by atoms with van der Waals surface area (Å²) in [6, 6.07) is 0. The van der Waals surface area contributed by atoms with Gasteiger partial charge in [-0.3, -0.25) is 9.59 Å². The van der Waals surface area contributed by atoms with Crippen LogP contribution in [0.3, 0.4) is 0 Å². The predicted octanol–water partition coefficient (Wildman–Crippen LogP) is -0.912. The molecule has 3 N–H and O–H groups in total. The minimum Gasteiger partial charge on any atom is -0.382 e. The molecule has 0 aromatic rings. The number of carbonyl (C=O) groups excluding carboxylic acids is 3. The summed E-state index contributed by atoms with van der Waals surface area (Å²) in [6.45, 7) is 11.5. The van der Waals surface area contributed by atoms with Crippen LogP contribution in [0.5, 0.6) is 0 Å². The second-order valence-corrected chi connectivity index (χ2v) is 10.8. The van der Waals surface area contributed by atoms with E-state index in [1.165, 1.54) is 4.90 Å². The average molecular weight is 758 g/mol. The van der Waals surface area contributed by atoms with Gasteiger partial charge in [0.2, 0.25) is 11.8 Å². The number of nitrogens with one attached hydrogen (secondary N) is 1. The maximum absolute atomic E-state index is 12.1. The number of hydrogen-bond acceptors (Lipinski definition) is 16. The van der Waals surface area contributed by atoms with E-state index in [0.29, 0.717) is 178 Å². The SMILES string of the molecule is COCCOCCOCCOCCOCCOCCOCCOCCOCCOCCOCCOCCNC(=O)CN(CC=O)C(=O)CCCCN. The van der Waals surface area contributed by atoms with Crippen LogP contribution in [-0.4, -0.2) is 208 Å². The van der Waals surface area contributed by atoms with Gasteiger partial charge in [0.15, 0.2) is 0 Å². The van der Waals surface area contributed by atoms with Crippen molar-refractivity contribution in [3.63, 3.8) is 0 Å². The second-order valence-electron chi connectivity index (χ2n) is 10.8. The van der Waals surface area contributed by atoms with Crippen molar-refractivity contribution >= 4 is 18.1 Å². The number of hydrogen-bond donors (Lipinski definition) is 2. The highest BCUT2D eigenvalue weighted by atomic mass is 16.6. The second kappa shape index (κ2) is 43.5. The van der Waals surface area contributed by atoms with Gasteiger partial charge in [-0.15, -0.1) is 0 Å². The van der Waals surface area contributed by atoms with Gasteiger partial charge in [0.25, 0.3) is 0 Å². The number of ether oxygens (including phenoxy) is 12. The third kappa shape index (κ3) is 39.3. The molecule has 0 atom stereocenters. The summed E-state index contributed by atoms with van der Waals surface area (Å²) in [5, 5.41) is 2.67. The number of nitrogens with zero attached hydrogens (tertiary/aromatic N) is 1. The summed E-state index contributed by atoms with van der Waals surface area (Å²) >= 11 is 0. The van der Waals surface area contributed by atoms with Gasteiger partial charge in [-0.05, 0) is 19.4 Å². The van der Waals surface area contributed by atoms with Crippen LogP contribution >= 0.6 is 0 Å². The monoisotopic (exact) mass is 757 g/mol. The maximum atomic E-state index is 12.1. The molecule has 0 saturated carbocycles. The normalized spacial score (nSPS) is 11.3. The first-order valence-electron chi connectivity index (χ1n) is 18.2. The lowest BCUT2D eigenvalue weighted by atomic mass is 10.2. The van der Waals surface area contributed by atoms with Gasteiger partial charge in [0.05, 0.1) is 165 Å². The molecule has 18 heteroatoms. The van der Waals surface area contributed by atoms with Gasteiger partial charge in [-0.1, -0.05) is 0 Å². The van der Waals surface area contributed by atoms with E-state index in [1.54, 1.807) is 7.11 Å². The van der Waals surface area contributed by atoms with Crippen molar-refractivity contribution in [3.05, 3.63) is 0 Å². The minimum absolute atomic E-state index is 0.118. The molecular weight excluding hydrogens is 690 g/mol. The van der Waals surface area contributed by atoms with E-state index in [2.05, 4.69) is 5.32 Å². The first kappa shape index (κ1) is 50.1. The zero-order valence-electron chi connectivity index (χ0n) is 31.4. The molecule has 0 unspecified atom stereocenters. The van der Waals surface area contributed by atoms with Crippen LogP contribution in [-0.2, 0) is 71.2 Å². The Morgan fingerprint density at radius 2 is 0.846 bits per heavy atom.